The van der Waals surface area contributed by atoms with Gasteiger partial charge in [0, 0.05) is 12.4 Å². The van der Waals surface area contributed by atoms with Crippen molar-refractivity contribution in [3.05, 3.63) is 0 Å². The SMILES string of the molecule is CCO.N[C@@H](CS)C(=O)O. The van der Waals surface area contributed by atoms with Crippen molar-refractivity contribution in [2.45, 2.75) is 13.0 Å². The summed E-state index contributed by atoms with van der Waals surface area (Å²) in [5.41, 5.74) is 4.94. The smallest absolute Gasteiger partial charge is 0.321 e. The molecule has 0 radical (unpaired) electrons. The lowest BCUT2D eigenvalue weighted by atomic mass is 10.4. The van der Waals surface area contributed by atoms with Crippen molar-refractivity contribution >= 4 is 18.6 Å². The predicted octanol–water partition coefficient (Wildman–Crippen LogP) is -0.673. The maximum atomic E-state index is 9.76. The number of aliphatic carboxylic acids is 1. The molecule has 0 amide bonds. The zero-order valence-electron chi connectivity index (χ0n) is 5.82. The van der Waals surface area contributed by atoms with Gasteiger partial charge >= 0.3 is 5.97 Å². The van der Waals surface area contributed by atoms with Gasteiger partial charge in [0.15, 0.2) is 0 Å². The summed E-state index contributed by atoms with van der Waals surface area (Å²) in [6.07, 6.45) is 0. The van der Waals surface area contributed by atoms with E-state index in [4.69, 9.17) is 15.9 Å². The first kappa shape index (κ1) is 12.4. The van der Waals surface area contributed by atoms with Crippen LogP contribution in [-0.4, -0.2) is 34.6 Å². The van der Waals surface area contributed by atoms with E-state index in [1.54, 1.807) is 6.92 Å². The van der Waals surface area contributed by atoms with Crippen molar-refractivity contribution in [3.8, 4) is 0 Å². The Labute approximate surface area is 65.4 Å². The van der Waals surface area contributed by atoms with Gasteiger partial charge in [-0.3, -0.25) is 4.79 Å². The maximum Gasteiger partial charge on any atom is 0.321 e. The van der Waals surface area contributed by atoms with Crippen LogP contribution in [0.2, 0.25) is 0 Å². The molecule has 0 bridgehead atoms. The molecule has 4 nitrogen and oxygen atoms in total. The number of carbonyl (C=O) groups is 1. The molecule has 0 aliphatic rings. The maximum absolute atomic E-state index is 9.76. The molecule has 0 saturated heterocycles. The first-order valence-electron chi connectivity index (χ1n) is 2.80. The van der Waals surface area contributed by atoms with E-state index < -0.39 is 12.0 Å². The van der Waals surface area contributed by atoms with E-state index >= 15 is 0 Å². The lowest BCUT2D eigenvalue weighted by Crippen LogP contribution is -2.31. The van der Waals surface area contributed by atoms with Crippen LogP contribution in [0.25, 0.3) is 0 Å². The van der Waals surface area contributed by atoms with Crippen LogP contribution in [0.3, 0.4) is 0 Å². The highest BCUT2D eigenvalue weighted by Gasteiger charge is 2.06. The van der Waals surface area contributed by atoms with E-state index in [1.807, 2.05) is 0 Å². The highest BCUT2D eigenvalue weighted by Crippen LogP contribution is 1.80. The fourth-order valence-corrected chi connectivity index (χ4v) is 0.234. The molecule has 0 aliphatic heterocycles. The average Bonchev–Trinajstić information content (AvgIpc) is 1.88. The molecule has 4 N–H and O–H groups in total. The van der Waals surface area contributed by atoms with E-state index in [-0.39, 0.29) is 12.4 Å². The van der Waals surface area contributed by atoms with Gasteiger partial charge in [0.1, 0.15) is 6.04 Å². The number of carboxylic acids is 1. The van der Waals surface area contributed by atoms with Crippen LogP contribution in [-0.2, 0) is 4.79 Å². The van der Waals surface area contributed by atoms with Gasteiger partial charge in [-0.1, -0.05) is 0 Å². The van der Waals surface area contributed by atoms with Gasteiger partial charge in [-0.2, -0.15) is 12.6 Å². The fourth-order valence-electron chi connectivity index (χ4n) is 0.0781. The first-order chi connectivity index (χ1) is 4.59. The van der Waals surface area contributed by atoms with Crippen molar-refractivity contribution in [2.24, 2.45) is 5.73 Å². The van der Waals surface area contributed by atoms with Crippen LogP contribution in [0.15, 0.2) is 0 Å². The van der Waals surface area contributed by atoms with Gasteiger partial charge in [0.05, 0.1) is 0 Å². The molecule has 0 aromatic carbocycles. The van der Waals surface area contributed by atoms with E-state index in [1.165, 1.54) is 0 Å². The van der Waals surface area contributed by atoms with Gasteiger partial charge in [-0.25, -0.2) is 0 Å². The van der Waals surface area contributed by atoms with E-state index in [0.717, 1.165) is 0 Å². The van der Waals surface area contributed by atoms with E-state index in [9.17, 15) is 4.79 Å². The molecule has 0 aromatic rings. The van der Waals surface area contributed by atoms with Crippen molar-refractivity contribution in [2.75, 3.05) is 12.4 Å². The second-order valence-corrected chi connectivity index (χ2v) is 1.81. The molecule has 0 rings (SSSR count). The summed E-state index contributed by atoms with van der Waals surface area (Å²) >= 11 is 3.65. The van der Waals surface area contributed by atoms with Crippen molar-refractivity contribution < 1.29 is 15.0 Å². The summed E-state index contributed by atoms with van der Waals surface area (Å²) in [5.74, 6) is -0.815. The number of carboxylic acid groups (broad SMARTS) is 1. The Kier molecular flexibility index (Phi) is 10.9. The standard InChI is InChI=1S/C3H7NO2S.C2H6O/c4-2(1-7)3(5)6;1-2-3/h2,7H,1,4H2,(H,5,6);3H,2H2,1H3/t2-;/m0./s1. The third-order valence-electron chi connectivity index (χ3n) is 0.514. The molecule has 0 saturated carbocycles. The van der Waals surface area contributed by atoms with Crippen LogP contribution >= 0.6 is 12.6 Å². The normalized spacial score (nSPS) is 11.2. The summed E-state index contributed by atoms with van der Waals surface area (Å²) in [5, 5.41) is 15.6. The first-order valence-corrected chi connectivity index (χ1v) is 3.43. The molecule has 0 spiro atoms. The van der Waals surface area contributed by atoms with Crippen LogP contribution in [0.4, 0.5) is 0 Å². The largest absolute Gasteiger partial charge is 0.480 e. The van der Waals surface area contributed by atoms with E-state index in [0.29, 0.717) is 0 Å². The zero-order chi connectivity index (χ0) is 8.57. The minimum absolute atomic E-state index is 0.190. The van der Waals surface area contributed by atoms with Crippen LogP contribution in [0, 0.1) is 0 Å². The molecule has 0 heterocycles. The Morgan fingerprint density at radius 3 is 2.10 bits per heavy atom. The quantitative estimate of drug-likeness (QED) is 0.411. The molecule has 0 fully saturated rings. The fraction of sp³-hybridized carbons (Fsp3) is 0.800. The number of hydrogen-bond donors (Lipinski definition) is 4. The summed E-state index contributed by atoms with van der Waals surface area (Å²) in [6.45, 7) is 1.93. The third-order valence-corrected chi connectivity index (χ3v) is 0.907. The molecule has 62 valence electrons. The molecule has 0 aliphatic carbocycles. The van der Waals surface area contributed by atoms with E-state index in [2.05, 4.69) is 12.6 Å². The van der Waals surface area contributed by atoms with Gasteiger partial charge in [-0.15, -0.1) is 0 Å². The van der Waals surface area contributed by atoms with Gasteiger partial charge in [0.25, 0.3) is 0 Å². The van der Waals surface area contributed by atoms with Gasteiger partial charge < -0.3 is 15.9 Å². The summed E-state index contributed by atoms with van der Waals surface area (Å²) in [6, 6.07) is -0.816. The molecular formula is C5H13NO3S. The minimum atomic E-state index is -1.00. The molecule has 10 heavy (non-hydrogen) atoms. The van der Waals surface area contributed by atoms with Crippen LogP contribution in [0.5, 0.6) is 0 Å². The second-order valence-electron chi connectivity index (χ2n) is 1.44. The van der Waals surface area contributed by atoms with Crippen molar-refractivity contribution in [1.29, 1.82) is 0 Å². The number of aliphatic hydroxyl groups excluding tert-OH is 1. The van der Waals surface area contributed by atoms with Crippen LogP contribution < -0.4 is 5.73 Å². The van der Waals surface area contributed by atoms with Gasteiger partial charge in [-0.05, 0) is 6.92 Å². The third kappa shape index (κ3) is 10.7. The predicted molar refractivity (Wildman–Crippen MR) is 42.2 cm³/mol. The number of hydrogen-bond acceptors (Lipinski definition) is 4. The Hall–Kier alpha value is -0.260. The molecule has 5 heteroatoms. The summed E-state index contributed by atoms with van der Waals surface area (Å²) in [4.78, 5) is 9.76. The van der Waals surface area contributed by atoms with Crippen molar-refractivity contribution in [1.82, 2.24) is 0 Å². The molecule has 0 unspecified atom stereocenters. The minimum Gasteiger partial charge on any atom is -0.480 e. The lowest BCUT2D eigenvalue weighted by Gasteiger charge is -1.96. The number of aliphatic hydroxyl groups is 1. The molecule has 0 aromatic heterocycles. The highest BCUT2D eigenvalue weighted by molar-refractivity contribution is 7.80. The zero-order valence-corrected chi connectivity index (χ0v) is 6.71. The summed E-state index contributed by atoms with van der Waals surface area (Å²) in [7, 11) is 0. The van der Waals surface area contributed by atoms with Gasteiger partial charge in [0.2, 0.25) is 0 Å². The number of rotatable bonds is 2. The average molecular weight is 167 g/mol. The van der Waals surface area contributed by atoms with Crippen molar-refractivity contribution in [3.63, 3.8) is 0 Å². The lowest BCUT2D eigenvalue weighted by molar-refractivity contribution is -0.137. The Morgan fingerprint density at radius 2 is 2.10 bits per heavy atom. The van der Waals surface area contributed by atoms with Crippen LogP contribution in [0.1, 0.15) is 6.92 Å². The number of nitrogens with two attached hydrogens (primary N) is 1. The number of thiol groups is 1. The molecular weight excluding hydrogens is 154 g/mol. The monoisotopic (exact) mass is 167 g/mol. The molecule has 1 atom stereocenters. The topological polar surface area (TPSA) is 83.5 Å². The Morgan fingerprint density at radius 1 is 1.80 bits per heavy atom. The highest BCUT2D eigenvalue weighted by atomic mass is 32.1. The second kappa shape index (κ2) is 8.74. The Balaban J connectivity index is 0. The summed E-state index contributed by atoms with van der Waals surface area (Å²) < 4.78 is 0. The Bertz CT molecular complexity index is 89.0.